The Balaban J connectivity index is 0.00000361. The molecule has 0 heterocycles. The first-order chi connectivity index (χ1) is 9.02. The van der Waals surface area contributed by atoms with E-state index in [1.807, 2.05) is 0 Å². The summed E-state index contributed by atoms with van der Waals surface area (Å²) < 4.78 is 5.16. The van der Waals surface area contributed by atoms with E-state index < -0.39 is 0 Å². The molecule has 3 N–H and O–H groups in total. The van der Waals surface area contributed by atoms with E-state index in [2.05, 4.69) is 19.2 Å². The zero-order valence-corrected chi connectivity index (χ0v) is 14.0. The minimum atomic E-state index is -0.267. The van der Waals surface area contributed by atoms with Crippen molar-refractivity contribution in [1.29, 1.82) is 0 Å². The van der Waals surface area contributed by atoms with E-state index in [1.54, 1.807) is 7.11 Å². The molecule has 0 aromatic heterocycles. The number of halogens is 1. The second kappa shape index (κ2) is 8.85. The van der Waals surface area contributed by atoms with E-state index in [9.17, 15) is 4.79 Å². The van der Waals surface area contributed by atoms with Gasteiger partial charge in [-0.2, -0.15) is 0 Å². The summed E-state index contributed by atoms with van der Waals surface area (Å²) in [5.41, 5.74) is 5.77. The minimum absolute atomic E-state index is 0. The summed E-state index contributed by atoms with van der Waals surface area (Å²) >= 11 is 0. The Hall–Kier alpha value is -0.320. The maximum atomic E-state index is 12.5. The Bertz CT molecular complexity index is 288. The summed E-state index contributed by atoms with van der Waals surface area (Å²) in [5, 5.41) is 3.10. The van der Waals surface area contributed by atoms with Crippen LogP contribution in [-0.2, 0) is 9.53 Å². The standard InChI is InChI=1S/C15H30N2O2.ClH/c1-4-15(16,5-2)12-17-13(18)14(10-11-19-3)8-6-7-9-14;/h4-12,16H2,1-3H3,(H,17,18);1H. The third kappa shape index (κ3) is 4.90. The van der Waals surface area contributed by atoms with E-state index in [0.717, 1.165) is 44.9 Å². The quantitative estimate of drug-likeness (QED) is 0.724. The predicted octanol–water partition coefficient (Wildman–Crippen LogP) is 2.64. The molecule has 0 radical (unpaired) electrons. The molecule has 0 bridgehead atoms. The van der Waals surface area contributed by atoms with Crippen molar-refractivity contribution in [1.82, 2.24) is 5.32 Å². The van der Waals surface area contributed by atoms with Gasteiger partial charge in [0.2, 0.25) is 5.91 Å². The zero-order valence-electron chi connectivity index (χ0n) is 13.2. The third-order valence-electron chi connectivity index (χ3n) is 4.84. The van der Waals surface area contributed by atoms with Gasteiger partial charge in [0, 0.05) is 25.8 Å². The van der Waals surface area contributed by atoms with Gasteiger partial charge in [-0.05, 0) is 32.1 Å². The number of nitrogens with one attached hydrogen (secondary N) is 1. The van der Waals surface area contributed by atoms with Crippen molar-refractivity contribution >= 4 is 18.3 Å². The molecule has 1 aliphatic carbocycles. The molecule has 1 saturated carbocycles. The molecule has 0 aliphatic heterocycles. The fourth-order valence-corrected chi connectivity index (χ4v) is 2.88. The molecule has 120 valence electrons. The van der Waals surface area contributed by atoms with Crippen molar-refractivity contribution in [3.8, 4) is 0 Å². The molecule has 20 heavy (non-hydrogen) atoms. The Labute approximate surface area is 129 Å². The number of nitrogens with two attached hydrogens (primary N) is 1. The molecular formula is C15H31ClN2O2. The van der Waals surface area contributed by atoms with Crippen molar-refractivity contribution in [2.24, 2.45) is 11.1 Å². The Morgan fingerprint density at radius 2 is 1.85 bits per heavy atom. The number of methoxy groups -OCH3 is 1. The average Bonchev–Trinajstić information content (AvgIpc) is 2.92. The van der Waals surface area contributed by atoms with Gasteiger partial charge in [-0.25, -0.2) is 0 Å². The second-order valence-electron chi connectivity index (χ2n) is 5.98. The van der Waals surface area contributed by atoms with Gasteiger partial charge in [-0.1, -0.05) is 26.7 Å². The Morgan fingerprint density at radius 3 is 2.30 bits per heavy atom. The summed E-state index contributed by atoms with van der Waals surface area (Å²) in [6.07, 6.45) is 6.85. The van der Waals surface area contributed by atoms with Crippen LogP contribution in [0.2, 0.25) is 0 Å². The highest BCUT2D eigenvalue weighted by Crippen LogP contribution is 2.41. The van der Waals surface area contributed by atoms with Gasteiger partial charge in [-0.3, -0.25) is 4.79 Å². The van der Waals surface area contributed by atoms with Crippen LogP contribution in [0.1, 0.15) is 58.8 Å². The molecule has 0 unspecified atom stereocenters. The van der Waals surface area contributed by atoms with Gasteiger partial charge in [0.25, 0.3) is 0 Å². The monoisotopic (exact) mass is 306 g/mol. The van der Waals surface area contributed by atoms with Crippen molar-refractivity contribution in [3.05, 3.63) is 0 Å². The van der Waals surface area contributed by atoms with Gasteiger partial charge in [0.05, 0.1) is 5.41 Å². The maximum Gasteiger partial charge on any atom is 0.226 e. The average molecular weight is 307 g/mol. The van der Waals surface area contributed by atoms with Gasteiger partial charge in [0.15, 0.2) is 0 Å². The summed E-state index contributed by atoms with van der Waals surface area (Å²) in [6.45, 7) is 5.38. The summed E-state index contributed by atoms with van der Waals surface area (Å²) in [5.74, 6) is 0.179. The van der Waals surface area contributed by atoms with Crippen LogP contribution in [0.4, 0.5) is 0 Å². The van der Waals surface area contributed by atoms with E-state index >= 15 is 0 Å². The van der Waals surface area contributed by atoms with Crippen molar-refractivity contribution in [2.75, 3.05) is 20.3 Å². The molecule has 0 atom stereocenters. The minimum Gasteiger partial charge on any atom is -0.385 e. The van der Waals surface area contributed by atoms with Gasteiger partial charge in [-0.15, -0.1) is 12.4 Å². The van der Waals surface area contributed by atoms with E-state index in [1.165, 1.54) is 0 Å². The van der Waals surface area contributed by atoms with Crippen molar-refractivity contribution in [2.45, 2.75) is 64.3 Å². The lowest BCUT2D eigenvalue weighted by atomic mass is 9.81. The van der Waals surface area contributed by atoms with Crippen LogP contribution >= 0.6 is 12.4 Å². The zero-order chi connectivity index (χ0) is 14.4. The van der Waals surface area contributed by atoms with Gasteiger partial charge in [0.1, 0.15) is 0 Å². The summed E-state index contributed by atoms with van der Waals surface area (Å²) in [7, 11) is 1.69. The number of carbonyl (C=O) groups is 1. The fourth-order valence-electron chi connectivity index (χ4n) is 2.88. The first-order valence-electron chi connectivity index (χ1n) is 7.58. The molecule has 1 rings (SSSR count). The van der Waals surface area contributed by atoms with Crippen LogP contribution in [0, 0.1) is 5.41 Å². The maximum absolute atomic E-state index is 12.5. The number of hydrogen-bond donors (Lipinski definition) is 2. The van der Waals surface area contributed by atoms with Gasteiger partial charge >= 0.3 is 0 Å². The molecule has 0 aromatic carbocycles. The smallest absolute Gasteiger partial charge is 0.226 e. The Kier molecular flexibility index (Phi) is 8.71. The van der Waals surface area contributed by atoms with E-state index in [0.29, 0.717) is 13.2 Å². The summed E-state index contributed by atoms with van der Waals surface area (Å²) in [4.78, 5) is 12.5. The van der Waals surface area contributed by atoms with E-state index in [4.69, 9.17) is 10.5 Å². The molecule has 1 amide bonds. The number of carbonyl (C=O) groups excluding carboxylic acids is 1. The molecule has 0 spiro atoms. The highest BCUT2D eigenvalue weighted by molar-refractivity contribution is 5.85. The Morgan fingerprint density at radius 1 is 1.30 bits per heavy atom. The van der Waals surface area contributed by atoms with Crippen LogP contribution < -0.4 is 11.1 Å². The first kappa shape index (κ1) is 19.7. The van der Waals surface area contributed by atoms with E-state index in [-0.39, 0.29) is 29.3 Å². The molecule has 0 saturated heterocycles. The number of amides is 1. The predicted molar refractivity (Wildman–Crippen MR) is 85.2 cm³/mol. The molecular weight excluding hydrogens is 276 g/mol. The lowest BCUT2D eigenvalue weighted by Crippen LogP contribution is -2.52. The van der Waals surface area contributed by atoms with Gasteiger partial charge < -0.3 is 15.8 Å². The number of hydrogen-bond acceptors (Lipinski definition) is 3. The van der Waals surface area contributed by atoms with Crippen LogP contribution in [-0.4, -0.2) is 31.7 Å². The highest BCUT2D eigenvalue weighted by atomic mass is 35.5. The van der Waals surface area contributed by atoms with Crippen molar-refractivity contribution in [3.63, 3.8) is 0 Å². The van der Waals surface area contributed by atoms with Crippen LogP contribution in [0.3, 0.4) is 0 Å². The molecule has 1 fully saturated rings. The van der Waals surface area contributed by atoms with Crippen molar-refractivity contribution < 1.29 is 9.53 Å². The molecule has 0 aromatic rings. The SMILES string of the molecule is CCC(N)(CC)CNC(=O)C1(CCOC)CCCC1.Cl. The normalized spacial score (nSPS) is 17.6. The number of rotatable bonds is 8. The third-order valence-corrected chi connectivity index (χ3v) is 4.84. The largest absolute Gasteiger partial charge is 0.385 e. The van der Waals surface area contributed by atoms with Crippen LogP contribution in [0.15, 0.2) is 0 Å². The lowest BCUT2D eigenvalue weighted by molar-refractivity contribution is -0.132. The topological polar surface area (TPSA) is 64.3 Å². The summed E-state index contributed by atoms with van der Waals surface area (Å²) in [6, 6.07) is 0. The molecule has 5 heteroatoms. The second-order valence-corrected chi connectivity index (χ2v) is 5.98. The lowest BCUT2D eigenvalue weighted by Gasteiger charge is -2.32. The fraction of sp³-hybridized carbons (Fsp3) is 0.933. The first-order valence-corrected chi connectivity index (χ1v) is 7.58. The van der Waals surface area contributed by atoms with Crippen LogP contribution in [0.5, 0.6) is 0 Å². The number of ether oxygens (including phenoxy) is 1. The highest BCUT2D eigenvalue weighted by Gasteiger charge is 2.41. The molecule has 1 aliphatic rings. The molecule has 4 nitrogen and oxygen atoms in total. The van der Waals surface area contributed by atoms with Crippen LogP contribution in [0.25, 0.3) is 0 Å².